The van der Waals surface area contributed by atoms with Crippen LogP contribution < -0.4 is 10.1 Å². The number of carbonyl (C=O) groups excluding carboxylic acids is 1. The van der Waals surface area contributed by atoms with E-state index in [4.69, 9.17) is 16.3 Å². The van der Waals surface area contributed by atoms with Crippen molar-refractivity contribution in [3.05, 3.63) is 58.6 Å². The van der Waals surface area contributed by atoms with E-state index in [1.54, 1.807) is 18.2 Å². The Bertz CT molecular complexity index is 844. The average molecular weight is 412 g/mol. The highest BCUT2D eigenvalue weighted by molar-refractivity contribution is 6.32. The zero-order chi connectivity index (χ0) is 20.4. The third kappa shape index (κ3) is 4.33. The SMILES string of the molecule is CCCC1(C(=O)c2ccc(Cl)c(Oc3ccc(C(F)(F)F)cc3)c2)CCNC1. The number of halogens is 4. The van der Waals surface area contributed by atoms with Crippen molar-refractivity contribution in [2.45, 2.75) is 32.4 Å². The Kier molecular flexibility index (Phi) is 6.01. The summed E-state index contributed by atoms with van der Waals surface area (Å²) in [4.78, 5) is 13.2. The first-order chi connectivity index (χ1) is 13.2. The Morgan fingerprint density at radius 2 is 1.93 bits per heavy atom. The fourth-order valence-electron chi connectivity index (χ4n) is 3.61. The van der Waals surface area contributed by atoms with Crippen molar-refractivity contribution >= 4 is 17.4 Å². The highest BCUT2D eigenvalue weighted by atomic mass is 35.5. The Hall–Kier alpha value is -2.05. The maximum atomic E-state index is 13.2. The van der Waals surface area contributed by atoms with Gasteiger partial charge in [0, 0.05) is 17.5 Å². The number of benzene rings is 2. The molecule has 150 valence electrons. The molecule has 1 saturated heterocycles. The summed E-state index contributed by atoms with van der Waals surface area (Å²) < 4.78 is 43.7. The van der Waals surface area contributed by atoms with Crippen LogP contribution in [0.15, 0.2) is 42.5 Å². The molecular formula is C21H21ClF3NO2. The molecule has 3 rings (SSSR count). The van der Waals surface area contributed by atoms with Crippen LogP contribution in [0, 0.1) is 5.41 Å². The minimum atomic E-state index is -4.41. The first-order valence-corrected chi connectivity index (χ1v) is 9.53. The van der Waals surface area contributed by atoms with Gasteiger partial charge in [-0.3, -0.25) is 4.79 Å². The molecule has 3 nitrogen and oxygen atoms in total. The molecule has 0 aromatic heterocycles. The zero-order valence-electron chi connectivity index (χ0n) is 15.4. The van der Waals surface area contributed by atoms with Crippen molar-refractivity contribution in [3.63, 3.8) is 0 Å². The van der Waals surface area contributed by atoms with Crippen molar-refractivity contribution < 1.29 is 22.7 Å². The first kappa shape index (κ1) is 20.7. The molecule has 1 aliphatic rings. The molecule has 0 amide bonds. The van der Waals surface area contributed by atoms with Gasteiger partial charge in [0.2, 0.25) is 0 Å². The van der Waals surface area contributed by atoms with E-state index in [1.165, 1.54) is 12.1 Å². The number of hydrogen-bond acceptors (Lipinski definition) is 3. The Morgan fingerprint density at radius 1 is 1.21 bits per heavy atom. The van der Waals surface area contributed by atoms with Crippen LogP contribution in [0.3, 0.4) is 0 Å². The number of alkyl halides is 3. The van der Waals surface area contributed by atoms with Crippen LogP contribution in [0.1, 0.15) is 42.1 Å². The molecule has 2 aromatic carbocycles. The van der Waals surface area contributed by atoms with Crippen molar-refractivity contribution in [2.24, 2.45) is 5.41 Å². The van der Waals surface area contributed by atoms with Gasteiger partial charge in [-0.15, -0.1) is 0 Å². The zero-order valence-corrected chi connectivity index (χ0v) is 16.2. The van der Waals surface area contributed by atoms with Crippen molar-refractivity contribution in [1.29, 1.82) is 0 Å². The molecule has 1 aliphatic heterocycles. The molecule has 28 heavy (non-hydrogen) atoms. The molecule has 7 heteroatoms. The molecule has 1 fully saturated rings. The third-order valence-electron chi connectivity index (χ3n) is 5.06. The number of rotatable bonds is 6. The van der Waals surface area contributed by atoms with Crippen molar-refractivity contribution in [1.82, 2.24) is 5.32 Å². The van der Waals surface area contributed by atoms with E-state index in [2.05, 4.69) is 5.32 Å². The number of carbonyl (C=O) groups is 1. The first-order valence-electron chi connectivity index (χ1n) is 9.15. The predicted molar refractivity (Wildman–Crippen MR) is 102 cm³/mol. The van der Waals surface area contributed by atoms with Gasteiger partial charge in [0.1, 0.15) is 11.5 Å². The third-order valence-corrected chi connectivity index (χ3v) is 5.37. The second kappa shape index (κ2) is 8.13. The van der Waals surface area contributed by atoms with Crippen LogP contribution >= 0.6 is 11.6 Å². The number of ketones is 1. The lowest BCUT2D eigenvalue weighted by molar-refractivity contribution is -0.137. The van der Waals surface area contributed by atoms with E-state index in [-0.39, 0.29) is 22.3 Å². The Balaban J connectivity index is 1.84. The lowest BCUT2D eigenvalue weighted by Crippen LogP contribution is -2.33. The van der Waals surface area contributed by atoms with Crippen LogP contribution in [0.25, 0.3) is 0 Å². The summed E-state index contributed by atoms with van der Waals surface area (Å²) >= 11 is 6.18. The normalized spacial score (nSPS) is 19.6. The predicted octanol–water partition coefficient (Wildman–Crippen LogP) is 6.11. The monoisotopic (exact) mass is 411 g/mol. The lowest BCUT2D eigenvalue weighted by atomic mass is 9.76. The number of ether oxygens (including phenoxy) is 1. The van der Waals surface area contributed by atoms with Crippen LogP contribution in [0.4, 0.5) is 13.2 Å². The summed E-state index contributed by atoms with van der Waals surface area (Å²) in [5.74, 6) is 0.489. The molecule has 0 saturated carbocycles. The summed E-state index contributed by atoms with van der Waals surface area (Å²) in [7, 11) is 0. The second-order valence-corrected chi connectivity index (χ2v) is 7.46. The van der Waals surface area contributed by atoms with Crippen molar-refractivity contribution in [2.75, 3.05) is 13.1 Å². The molecule has 1 atom stereocenters. The van der Waals surface area contributed by atoms with Gasteiger partial charge in [-0.2, -0.15) is 13.2 Å². The molecular weight excluding hydrogens is 391 g/mol. The molecule has 0 bridgehead atoms. The fourth-order valence-corrected chi connectivity index (χ4v) is 3.77. The topological polar surface area (TPSA) is 38.3 Å². The number of Topliss-reactive ketones (excluding diaryl/α,β-unsaturated/α-hetero) is 1. The van der Waals surface area contributed by atoms with E-state index in [1.807, 2.05) is 6.92 Å². The van der Waals surface area contributed by atoms with E-state index in [0.717, 1.165) is 37.9 Å². The summed E-state index contributed by atoms with van der Waals surface area (Å²) in [6.07, 6.45) is -1.95. The van der Waals surface area contributed by atoms with E-state index < -0.39 is 17.2 Å². The molecule has 2 aromatic rings. The Morgan fingerprint density at radius 3 is 2.50 bits per heavy atom. The number of hydrogen-bond donors (Lipinski definition) is 1. The van der Waals surface area contributed by atoms with Gasteiger partial charge in [-0.1, -0.05) is 24.9 Å². The van der Waals surface area contributed by atoms with E-state index in [9.17, 15) is 18.0 Å². The van der Waals surface area contributed by atoms with Gasteiger partial charge in [0.05, 0.1) is 10.6 Å². The lowest BCUT2D eigenvalue weighted by Gasteiger charge is -2.26. The molecule has 1 unspecified atom stereocenters. The quantitative estimate of drug-likeness (QED) is 0.582. The molecule has 0 spiro atoms. The highest BCUT2D eigenvalue weighted by Crippen LogP contribution is 2.38. The summed E-state index contributed by atoms with van der Waals surface area (Å²) in [5, 5.41) is 3.54. The molecule has 0 radical (unpaired) electrons. The van der Waals surface area contributed by atoms with Crippen LogP contribution in [-0.2, 0) is 6.18 Å². The number of nitrogens with one attached hydrogen (secondary N) is 1. The largest absolute Gasteiger partial charge is 0.456 e. The maximum Gasteiger partial charge on any atom is 0.416 e. The van der Waals surface area contributed by atoms with Gasteiger partial charge in [-0.05, 0) is 61.9 Å². The molecule has 1 heterocycles. The van der Waals surface area contributed by atoms with Gasteiger partial charge >= 0.3 is 6.18 Å². The van der Waals surface area contributed by atoms with Gasteiger partial charge in [0.15, 0.2) is 5.78 Å². The van der Waals surface area contributed by atoms with Crippen LogP contribution in [0.5, 0.6) is 11.5 Å². The van der Waals surface area contributed by atoms with Crippen LogP contribution in [-0.4, -0.2) is 18.9 Å². The van der Waals surface area contributed by atoms with E-state index in [0.29, 0.717) is 12.1 Å². The molecule has 1 N–H and O–H groups in total. The summed E-state index contributed by atoms with van der Waals surface area (Å²) in [6, 6.07) is 9.16. The molecule has 0 aliphatic carbocycles. The Labute approximate surface area is 166 Å². The standard InChI is InChI=1S/C21H21ClF3NO2/c1-2-9-20(10-11-26-13-20)19(27)14-3-8-17(22)18(12-14)28-16-6-4-15(5-7-16)21(23,24)25/h3-8,12,26H,2,9-11,13H2,1H3. The highest BCUT2D eigenvalue weighted by Gasteiger charge is 2.40. The average Bonchev–Trinajstić information content (AvgIpc) is 3.13. The van der Waals surface area contributed by atoms with Gasteiger partial charge in [-0.25, -0.2) is 0 Å². The summed E-state index contributed by atoms with van der Waals surface area (Å²) in [5.41, 5.74) is -0.706. The minimum absolute atomic E-state index is 0.0355. The summed E-state index contributed by atoms with van der Waals surface area (Å²) in [6.45, 7) is 3.49. The second-order valence-electron chi connectivity index (χ2n) is 7.06. The fraction of sp³-hybridized carbons (Fsp3) is 0.381. The van der Waals surface area contributed by atoms with E-state index >= 15 is 0 Å². The van der Waals surface area contributed by atoms with Gasteiger partial charge < -0.3 is 10.1 Å². The van der Waals surface area contributed by atoms with Crippen LogP contribution in [0.2, 0.25) is 5.02 Å². The van der Waals surface area contributed by atoms with Crippen molar-refractivity contribution in [3.8, 4) is 11.5 Å². The smallest absolute Gasteiger partial charge is 0.416 e. The maximum absolute atomic E-state index is 13.2. The minimum Gasteiger partial charge on any atom is -0.456 e. The van der Waals surface area contributed by atoms with Gasteiger partial charge in [0.25, 0.3) is 0 Å².